The Balaban J connectivity index is 1.90. The van der Waals surface area contributed by atoms with Gasteiger partial charge in [0.15, 0.2) is 0 Å². The van der Waals surface area contributed by atoms with Crippen LogP contribution in [0.2, 0.25) is 5.02 Å². The van der Waals surface area contributed by atoms with Gasteiger partial charge in [0.05, 0.1) is 12.8 Å². The largest absolute Gasteiger partial charge is 0.493 e. The minimum atomic E-state index is -0.532. The number of amides is 2. The summed E-state index contributed by atoms with van der Waals surface area (Å²) in [5.41, 5.74) is 4.46. The third-order valence-electron chi connectivity index (χ3n) is 3.44. The van der Waals surface area contributed by atoms with Gasteiger partial charge < -0.3 is 10.1 Å². The fourth-order valence-electron chi connectivity index (χ4n) is 2.14. The molecule has 0 fully saturated rings. The molecule has 0 aliphatic heterocycles. The Morgan fingerprint density at radius 2 is 2.00 bits per heavy atom. The quantitative estimate of drug-likeness (QED) is 0.374. The second kappa shape index (κ2) is 10.1. The van der Waals surface area contributed by atoms with E-state index in [0.717, 1.165) is 10.0 Å². The Labute approximate surface area is 171 Å². The van der Waals surface area contributed by atoms with Crippen LogP contribution in [0.3, 0.4) is 0 Å². The molecule has 2 aromatic rings. The average molecular weight is 453 g/mol. The van der Waals surface area contributed by atoms with Crippen LogP contribution in [0.15, 0.2) is 46.0 Å². The molecule has 0 saturated carbocycles. The molecule has 0 atom stereocenters. The Hall–Kier alpha value is -2.38. The molecule has 2 N–H and O–H groups in total. The molecule has 0 saturated heterocycles. The summed E-state index contributed by atoms with van der Waals surface area (Å²) in [7, 11) is 0. The van der Waals surface area contributed by atoms with Crippen molar-refractivity contribution >= 4 is 51.2 Å². The predicted molar refractivity (Wildman–Crippen MR) is 110 cm³/mol. The van der Waals surface area contributed by atoms with Gasteiger partial charge in [0.2, 0.25) is 11.8 Å². The number of anilines is 1. The molecule has 27 heavy (non-hydrogen) atoms. The second-order valence-corrected chi connectivity index (χ2v) is 6.92. The van der Waals surface area contributed by atoms with E-state index in [-0.39, 0.29) is 6.42 Å². The van der Waals surface area contributed by atoms with Crippen LogP contribution >= 0.6 is 27.5 Å². The average Bonchev–Trinajstić information content (AvgIpc) is 2.60. The monoisotopic (exact) mass is 451 g/mol. The van der Waals surface area contributed by atoms with Crippen molar-refractivity contribution < 1.29 is 14.3 Å². The van der Waals surface area contributed by atoms with Crippen molar-refractivity contribution in [3.63, 3.8) is 0 Å². The highest BCUT2D eigenvalue weighted by molar-refractivity contribution is 9.10. The van der Waals surface area contributed by atoms with Crippen LogP contribution in [0.4, 0.5) is 5.69 Å². The molecule has 0 spiro atoms. The molecular weight excluding hydrogens is 434 g/mol. The maximum Gasteiger partial charge on any atom is 0.249 e. The maximum absolute atomic E-state index is 11.9. The number of carbonyl (C=O) groups is 2. The van der Waals surface area contributed by atoms with Gasteiger partial charge in [0.1, 0.15) is 12.2 Å². The van der Waals surface area contributed by atoms with Gasteiger partial charge in [-0.25, -0.2) is 5.43 Å². The third kappa shape index (κ3) is 6.69. The molecule has 2 rings (SSSR count). The predicted octanol–water partition coefficient (Wildman–Crippen LogP) is 4.29. The van der Waals surface area contributed by atoms with Crippen molar-refractivity contribution in [1.82, 2.24) is 5.43 Å². The minimum Gasteiger partial charge on any atom is -0.493 e. The summed E-state index contributed by atoms with van der Waals surface area (Å²) in [6.45, 7) is 4.25. The number of ether oxygens (including phenoxy) is 1. The van der Waals surface area contributed by atoms with Crippen molar-refractivity contribution in [1.29, 1.82) is 0 Å². The van der Waals surface area contributed by atoms with Gasteiger partial charge in [-0.15, -0.1) is 0 Å². The van der Waals surface area contributed by atoms with Crippen LogP contribution in [-0.4, -0.2) is 24.6 Å². The van der Waals surface area contributed by atoms with Gasteiger partial charge in [0, 0.05) is 20.7 Å². The highest BCUT2D eigenvalue weighted by Crippen LogP contribution is 2.22. The SMILES string of the molecule is CCOc1ccc(Br)cc1C=NNC(=O)CC(=O)Nc1ccc(C)c(Cl)c1. The number of nitrogens with one attached hydrogen (secondary N) is 2. The van der Waals surface area contributed by atoms with E-state index in [0.29, 0.717) is 28.6 Å². The van der Waals surface area contributed by atoms with Crippen LogP contribution in [0.25, 0.3) is 0 Å². The van der Waals surface area contributed by atoms with E-state index in [1.165, 1.54) is 6.21 Å². The first kappa shape index (κ1) is 20.9. The fourth-order valence-corrected chi connectivity index (χ4v) is 2.70. The van der Waals surface area contributed by atoms with E-state index >= 15 is 0 Å². The number of halogens is 2. The van der Waals surface area contributed by atoms with Crippen LogP contribution < -0.4 is 15.5 Å². The molecule has 0 aromatic heterocycles. The van der Waals surface area contributed by atoms with Crippen molar-refractivity contribution in [3.8, 4) is 5.75 Å². The molecule has 0 bridgehead atoms. The molecule has 6 nitrogen and oxygen atoms in total. The first-order valence-electron chi connectivity index (χ1n) is 8.19. The van der Waals surface area contributed by atoms with E-state index in [2.05, 4.69) is 31.8 Å². The van der Waals surface area contributed by atoms with Crippen molar-refractivity contribution in [2.45, 2.75) is 20.3 Å². The molecule has 0 unspecified atom stereocenters. The standard InChI is InChI=1S/C19H19BrClN3O3/c1-3-27-17-7-5-14(20)8-13(17)11-22-24-19(26)10-18(25)23-15-6-4-12(2)16(21)9-15/h4-9,11H,3,10H2,1-2H3,(H,23,25)(H,24,26). The number of hydrogen-bond donors (Lipinski definition) is 2. The van der Waals surface area contributed by atoms with Gasteiger partial charge in [-0.2, -0.15) is 5.10 Å². The molecule has 8 heteroatoms. The summed E-state index contributed by atoms with van der Waals surface area (Å²) >= 11 is 9.39. The Bertz CT molecular complexity index is 871. The lowest BCUT2D eigenvalue weighted by molar-refractivity contribution is -0.126. The molecule has 142 valence electrons. The highest BCUT2D eigenvalue weighted by atomic mass is 79.9. The lowest BCUT2D eigenvalue weighted by Gasteiger charge is -2.07. The zero-order valence-corrected chi connectivity index (χ0v) is 17.2. The zero-order chi connectivity index (χ0) is 19.8. The van der Waals surface area contributed by atoms with Gasteiger partial charge in [-0.3, -0.25) is 9.59 Å². The first-order chi connectivity index (χ1) is 12.9. The van der Waals surface area contributed by atoms with Crippen LogP contribution in [0, 0.1) is 6.92 Å². The van der Waals surface area contributed by atoms with Crippen LogP contribution in [-0.2, 0) is 9.59 Å². The van der Waals surface area contributed by atoms with E-state index in [1.54, 1.807) is 24.3 Å². The van der Waals surface area contributed by atoms with Gasteiger partial charge in [-0.1, -0.05) is 33.6 Å². The Kier molecular flexibility index (Phi) is 7.82. The molecule has 2 amide bonds. The number of benzene rings is 2. The molecule has 0 heterocycles. The highest BCUT2D eigenvalue weighted by Gasteiger charge is 2.10. The topological polar surface area (TPSA) is 79.8 Å². The molecule has 2 aromatic carbocycles. The molecular formula is C19H19BrClN3O3. The number of hydrogen-bond acceptors (Lipinski definition) is 4. The lowest BCUT2D eigenvalue weighted by Crippen LogP contribution is -2.24. The van der Waals surface area contributed by atoms with Gasteiger partial charge in [0.25, 0.3) is 0 Å². The van der Waals surface area contributed by atoms with E-state index in [1.807, 2.05) is 26.0 Å². The van der Waals surface area contributed by atoms with Crippen molar-refractivity contribution in [2.75, 3.05) is 11.9 Å². The normalized spacial score (nSPS) is 10.7. The minimum absolute atomic E-state index is 0.361. The maximum atomic E-state index is 11.9. The third-order valence-corrected chi connectivity index (χ3v) is 4.34. The molecule has 0 aliphatic carbocycles. The smallest absolute Gasteiger partial charge is 0.249 e. The Morgan fingerprint density at radius 3 is 2.70 bits per heavy atom. The van der Waals surface area contributed by atoms with Gasteiger partial charge >= 0.3 is 0 Å². The first-order valence-corrected chi connectivity index (χ1v) is 9.36. The number of nitrogens with zero attached hydrogens (tertiary/aromatic N) is 1. The number of rotatable bonds is 7. The van der Waals surface area contributed by atoms with Crippen LogP contribution in [0.5, 0.6) is 5.75 Å². The van der Waals surface area contributed by atoms with E-state index in [9.17, 15) is 9.59 Å². The molecule has 0 aliphatic rings. The van der Waals surface area contributed by atoms with Crippen LogP contribution in [0.1, 0.15) is 24.5 Å². The van der Waals surface area contributed by atoms with Crippen molar-refractivity contribution in [3.05, 3.63) is 57.0 Å². The summed E-state index contributed by atoms with van der Waals surface area (Å²) < 4.78 is 6.36. The van der Waals surface area contributed by atoms with E-state index < -0.39 is 11.8 Å². The second-order valence-electron chi connectivity index (χ2n) is 5.60. The van der Waals surface area contributed by atoms with E-state index in [4.69, 9.17) is 16.3 Å². The fraction of sp³-hybridized carbons (Fsp3) is 0.211. The zero-order valence-electron chi connectivity index (χ0n) is 14.9. The summed E-state index contributed by atoms with van der Waals surface area (Å²) in [6.07, 6.45) is 1.10. The number of aryl methyl sites for hydroxylation is 1. The summed E-state index contributed by atoms with van der Waals surface area (Å²) in [5, 5.41) is 7.05. The summed E-state index contributed by atoms with van der Waals surface area (Å²) in [6, 6.07) is 10.6. The lowest BCUT2D eigenvalue weighted by atomic mass is 10.2. The summed E-state index contributed by atoms with van der Waals surface area (Å²) in [4.78, 5) is 23.8. The Morgan fingerprint density at radius 1 is 1.22 bits per heavy atom. The summed E-state index contributed by atoms with van der Waals surface area (Å²) in [5.74, 6) is -0.345. The number of carbonyl (C=O) groups excluding carboxylic acids is 2. The molecule has 0 radical (unpaired) electrons. The van der Waals surface area contributed by atoms with Gasteiger partial charge in [-0.05, 0) is 49.7 Å². The van der Waals surface area contributed by atoms with Crippen molar-refractivity contribution in [2.24, 2.45) is 5.10 Å². The number of hydrazone groups is 1.